The van der Waals surface area contributed by atoms with E-state index in [0.29, 0.717) is 13.1 Å². The van der Waals surface area contributed by atoms with Gasteiger partial charge in [-0.3, -0.25) is 4.79 Å². The van der Waals surface area contributed by atoms with Crippen LogP contribution in [0, 0.1) is 5.82 Å². The lowest BCUT2D eigenvalue weighted by atomic mass is 10.1. The van der Waals surface area contributed by atoms with Crippen molar-refractivity contribution in [2.24, 2.45) is 0 Å². The summed E-state index contributed by atoms with van der Waals surface area (Å²) in [6.07, 6.45) is 5.30. The predicted molar refractivity (Wildman–Crippen MR) is 67.1 cm³/mol. The van der Waals surface area contributed by atoms with Crippen LogP contribution in [-0.2, 0) is 0 Å². The molecule has 1 saturated heterocycles. The van der Waals surface area contributed by atoms with Crippen LogP contribution in [-0.4, -0.2) is 29.0 Å². The Bertz CT molecular complexity index is 406. The van der Waals surface area contributed by atoms with Gasteiger partial charge in [-0.25, -0.2) is 4.39 Å². The molecule has 0 atom stereocenters. The minimum Gasteiger partial charge on any atom is -0.507 e. The predicted octanol–water partition coefficient (Wildman–Crippen LogP) is 2.94. The summed E-state index contributed by atoms with van der Waals surface area (Å²) in [5.74, 6) is -1.32. The molecule has 1 aromatic rings. The third-order valence-electron chi connectivity index (χ3n) is 3.35. The van der Waals surface area contributed by atoms with Gasteiger partial charge in [0, 0.05) is 13.1 Å². The van der Waals surface area contributed by atoms with Crippen molar-refractivity contribution in [2.75, 3.05) is 13.1 Å². The van der Waals surface area contributed by atoms with Gasteiger partial charge < -0.3 is 10.0 Å². The first-order valence-corrected chi connectivity index (χ1v) is 6.47. The Morgan fingerprint density at radius 1 is 1.11 bits per heavy atom. The van der Waals surface area contributed by atoms with E-state index in [1.807, 2.05) is 0 Å². The molecule has 0 aliphatic carbocycles. The maximum atomic E-state index is 13.6. The number of halogens is 1. The number of benzene rings is 1. The van der Waals surface area contributed by atoms with Gasteiger partial charge in [0.1, 0.15) is 17.1 Å². The summed E-state index contributed by atoms with van der Waals surface area (Å²) in [4.78, 5) is 13.9. The lowest BCUT2D eigenvalue weighted by molar-refractivity contribution is 0.0734. The maximum absolute atomic E-state index is 13.6. The normalized spacial score (nSPS) is 17.1. The minimum atomic E-state index is -0.651. The van der Waals surface area contributed by atoms with Gasteiger partial charge in [0.25, 0.3) is 5.91 Å². The van der Waals surface area contributed by atoms with E-state index in [0.717, 1.165) is 25.7 Å². The summed E-state index contributed by atoms with van der Waals surface area (Å²) in [5.41, 5.74) is -0.196. The number of carbonyl (C=O) groups is 1. The largest absolute Gasteiger partial charge is 0.507 e. The van der Waals surface area contributed by atoms with E-state index in [1.165, 1.54) is 24.6 Å². The van der Waals surface area contributed by atoms with E-state index in [4.69, 9.17) is 0 Å². The van der Waals surface area contributed by atoms with Crippen LogP contribution in [0.1, 0.15) is 42.5 Å². The third kappa shape index (κ3) is 2.81. The fraction of sp³-hybridized carbons (Fsp3) is 0.500. The van der Waals surface area contributed by atoms with Gasteiger partial charge in [0.15, 0.2) is 0 Å². The quantitative estimate of drug-likeness (QED) is 0.833. The van der Waals surface area contributed by atoms with Crippen LogP contribution in [0.4, 0.5) is 4.39 Å². The van der Waals surface area contributed by atoms with Gasteiger partial charge in [0.05, 0.1) is 0 Å². The lowest BCUT2D eigenvalue weighted by Gasteiger charge is -2.25. The highest BCUT2D eigenvalue weighted by Gasteiger charge is 2.22. The molecule has 3 nitrogen and oxygen atoms in total. The number of aromatic hydroxyl groups is 1. The number of carbonyl (C=O) groups excluding carboxylic acids is 1. The molecule has 0 unspecified atom stereocenters. The highest BCUT2D eigenvalue weighted by molar-refractivity contribution is 5.97. The lowest BCUT2D eigenvalue weighted by Crippen LogP contribution is -2.34. The fourth-order valence-electron chi connectivity index (χ4n) is 2.33. The number of likely N-dealkylation sites (tertiary alicyclic amines) is 1. The van der Waals surface area contributed by atoms with Crippen LogP contribution in [0.5, 0.6) is 5.75 Å². The topological polar surface area (TPSA) is 40.5 Å². The molecule has 1 fully saturated rings. The molecule has 1 N–H and O–H groups in total. The molecule has 0 radical (unpaired) electrons. The molecule has 1 amide bonds. The third-order valence-corrected chi connectivity index (χ3v) is 3.35. The first-order valence-electron chi connectivity index (χ1n) is 6.47. The average molecular weight is 251 g/mol. The average Bonchev–Trinajstić information content (AvgIpc) is 2.27. The maximum Gasteiger partial charge on any atom is 0.260 e. The summed E-state index contributed by atoms with van der Waals surface area (Å²) in [7, 11) is 0. The van der Waals surface area contributed by atoms with E-state index in [9.17, 15) is 14.3 Å². The number of rotatable bonds is 1. The molecule has 1 heterocycles. The first kappa shape index (κ1) is 12.9. The molecule has 0 spiro atoms. The summed E-state index contributed by atoms with van der Waals surface area (Å²) in [5, 5.41) is 9.63. The molecular weight excluding hydrogens is 233 g/mol. The minimum absolute atomic E-state index is 0.196. The molecule has 98 valence electrons. The Morgan fingerprint density at radius 3 is 2.33 bits per heavy atom. The Balaban J connectivity index is 2.18. The summed E-state index contributed by atoms with van der Waals surface area (Å²) in [6.45, 7) is 1.29. The van der Waals surface area contributed by atoms with E-state index < -0.39 is 11.7 Å². The van der Waals surface area contributed by atoms with Gasteiger partial charge in [-0.15, -0.1) is 0 Å². The van der Waals surface area contributed by atoms with Crippen molar-refractivity contribution in [3.05, 3.63) is 29.6 Å². The molecule has 0 aromatic heterocycles. The van der Waals surface area contributed by atoms with E-state index >= 15 is 0 Å². The van der Waals surface area contributed by atoms with Crippen molar-refractivity contribution in [2.45, 2.75) is 32.1 Å². The summed E-state index contributed by atoms with van der Waals surface area (Å²) in [6, 6.07) is 3.95. The van der Waals surface area contributed by atoms with Gasteiger partial charge in [0.2, 0.25) is 0 Å². The standard InChI is InChI=1S/C14H18FNO2/c15-11-7-6-8-12(17)13(11)14(18)16-9-4-2-1-3-5-10-16/h6-8,17H,1-5,9-10H2. The second kappa shape index (κ2) is 5.85. The van der Waals surface area contributed by atoms with Crippen molar-refractivity contribution in [1.82, 2.24) is 4.90 Å². The van der Waals surface area contributed by atoms with Crippen molar-refractivity contribution in [1.29, 1.82) is 0 Å². The van der Waals surface area contributed by atoms with E-state index in [2.05, 4.69) is 0 Å². The molecular formula is C14H18FNO2. The summed E-state index contributed by atoms with van der Waals surface area (Å²) >= 11 is 0. The highest BCUT2D eigenvalue weighted by atomic mass is 19.1. The number of hydrogen-bond acceptors (Lipinski definition) is 2. The van der Waals surface area contributed by atoms with Crippen molar-refractivity contribution in [3.63, 3.8) is 0 Å². The first-order chi connectivity index (χ1) is 8.70. The molecule has 1 aliphatic heterocycles. The van der Waals surface area contributed by atoms with Crippen LogP contribution in [0.15, 0.2) is 18.2 Å². The molecule has 0 bridgehead atoms. The molecule has 18 heavy (non-hydrogen) atoms. The van der Waals surface area contributed by atoms with Gasteiger partial charge in [-0.05, 0) is 25.0 Å². The second-order valence-electron chi connectivity index (χ2n) is 4.69. The van der Waals surface area contributed by atoms with Crippen LogP contribution < -0.4 is 0 Å². The Hall–Kier alpha value is -1.58. The van der Waals surface area contributed by atoms with Crippen LogP contribution in [0.25, 0.3) is 0 Å². The second-order valence-corrected chi connectivity index (χ2v) is 4.69. The number of amides is 1. The van der Waals surface area contributed by atoms with E-state index in [1.54, 1.807) is 4.90 Å². The molecule has 4 heteroatoms. The molecule has 2 rings (SSSR count). The number of nitrogens with zero attached hydrogens (tertiary/aromatic N) is 1. The van der Waals surface area contributed by atoms with Crippen molar-refractivity contribution in [3.8, 4) is 5.75 Å². The van der Waals surface area contributed by atoms with E-state index in [-0.39, 0.29) is 11.3 Å². The van der Waals surface area contributed by atoms with Gasteiger partial charge >= 0.3 is 0 Å². The summed E-state index contributed by atoms with van der Waals surface area (Å²) < 4.78 is 13.6. The Morgan fingerprint density at radius 2 is 1.72 bits per heavy atom. The number of phenols is 1. The number of phenolic OH excluding ortho intramolecular Hbond substituents is 1. The SMILES string of the molecule is O=C(c1c(O)cccc1F)N1CCCCCCC1. The zero-order valence-electron chi connectivity index (χ0n) is 10.4. The molecule has 0 saturated carbocycles. The van der Waals surface area contributed by atoms with Crippen LogP contribution in [0.2, 0.25) is 0 Å². The zero-order chi connectivity index (χ0) is 13.0. The van der Waals surface area contributed by atoms with Crippen LogP contribution in [0.3, 0.4) is 0 Å². The van der Waals surface area contributed by atoms with Crippen molar-refractivity contribution < 1.29 is 14.3 Å². The Labute approximate surface area is 106 Å². The monoisotopic (exact) mass is 251 g/mol. The Kier molecular flexibility index (Phi) is 4.18. The van der Waals surface area contributed by atoms with Gasteiger partial charge in [-0.2, -0.15) is 0 Å². The highest BCUT2D eigenvalue weighted by Crippen LogP contribution is 2.23. The smallest absolute Gasteiger partial charge is 0.260 e. The molecule has 1 aliphatic rings. The fourth-order valence-corrected chi connectivity index (χ4v) is 2.33. The van der Waals surface area contributed by atoms with Gasteiger partial charge in [-0.1, -0.05) is 25.3 Å². The zero-order valence-corrected chi connectivity index (χ0v) is 10.4. The molecule has 1 aromatic carbocycles. The van der Waals surface area contributed by atoms with Crippen molar-refractivity contribution >= 4 is 5.91 Å². The van der Waals surface area contributed by atoms with Crippen LogP contribution >= 0.6 is 0 Å². The number of hydrogen-bond donors (Lipinski definition) is 1.